The van der Waals surface area contributed by atoms with Gasteiger partial charge in [0.05, 0.1) is 12.8 Å². The normalized spacial score (nSPS) is 13.6. The number of carbonyl (C=O) groups is 2. The van der Waals surface area contributed by atoms with Crippen molar-refractivity contribution in [1.82, 2.24) is 19.6 Å². The number of hydrogen-bond donors (Lipinski definition) is 0. The van der Waals surface area contributed by atoms with E-state index in [4.69, 9.17) is 9.15 Å². The number of furan rings is 1. The molecule has 5 rings (SSSR count). The van der Waals surface area contributed by atoms with Crippen LogP contribution in [0.3, 0.4) is 0 Å². The third kappa shape index (κ3) is 5.69. The number of rotatable bonds is 7. The quantitative estimate of drug-likeness (QED) is 0.379. The number of aromatic nitrogens is 2. The number of piperazine rings is 1. The third-order valence-corrected chi connectivity index (χ3v) is 6.04. The number of amides is 2. The third-order valence-electron chi connectivity index (χ3n) is 6.04. The Bertz CT molecular complexity index is 1400. The molecule has 0 radical (unpaired) electrons. The van der Waals surface area contributed by atoms with Crippen LogP contribution in [0.4, 0.5) is 8.78 Å². The van der Waals surface area contributed by atoms with Crippen LogP contribution in [0.5, 0.6) is 5.88 Å². The van der Waals surface area contributed by atoms with Gasteiger partial charge in [-0.15, -0.1) is 5.10 Å². The molecule has 1 aliphatic heterocycles. The van der Waals surface area contributed by atoms with Crippen molar-refractivity contribution < 1.29 is 27.5 Å². The van der Waals surface area contributed by atoms with E-state index >= 15 is 0 Å². The smallest absolute Gasteiger partial charge is 0.289 e. The highest BCUT2D eigenvalue weighted by Gasteiger charge is 2.29. The van der Waals surface area contributed by atoms with Gasteiger partial charge in [0.2, 0.25) is 5.88 Å². The van der Waals surface area contributed by atoms with Crippen LogP contribution < -0.4 is 4.74 Å². The first-order chi connectivity index (χ1) is 18.0. The largest absolute Gasteiger partial charge is 0.471 e. The number of carbonyl (C=O) groups excluding carboxylic acids is 2. The zero-order chi connectivity index (χ0) is 25.8. The number of nitrogens with zero attached hydrogens (tertiary/aromatic N) is 4. The topological polar surface area (TPSA) is 80.8 Å². The Kier molecular flexibility index (Phi) is 6.98. The molecule has 190 valence electrons. The van der Waals surface area contributed by atoms with Crippen LogP contribution in [0.1, 0.15) is 32.0 Å². The van der Waals surface area contributed by atoms with Gasteiger partial charge in [0.15, 0.2) is 5.76 Å². The molecule has 0 saturated carbocycles. The average molecular weight is 507 g/mol. The molecule has 37 heavy (non-hydrogen) atoms. The Morgan fingerprint density at radius 1 is 0.865 bits per heavy atom. The van der Waals surface area contributed by atoms with Crippen molar-refractivity contribution in [3.63, 3.8) is 0 Å². The van der Waals surface area contributed by atoms with Crippen LogP contribution in [0.2, 0.25) is 0 Å². The number of hydrogen-bond acceptors (Lipinski definition) is 5. The van der Waals surface area contributed by atoms with E-state index in [2.05, 4.69) is 5.10 Å². The fraction of sp³-hybridized carbons (Fsp3) is 0.222. The SMILES string of the molecule is O=C(c1ccco1)N1CCN(C(=O)c2cn(Cc3cccc(F)c3)nc2OCc2cccc(F)c2)CC1. The molecule has 0 aliphatic carbocycles. The highest BCUT2D eigenvalue weighted by molar-refractivity contribution is 5.96. The summed E-state index contributed by atoms with van der Waals surface area (Å²) in [5, 5.41) is 4.42. The fourth-order valence-electron chi connectivity index (χ4n) is 4.18. The Labute approximate surface area is 211 Å². The summed E-state index contributed by atoms with van der Waals surface area (Å²) in [6, 6.07) is 15.3. The Morgan fingerprint density at radius 3 is 2.16 bits per heavy atom. The second-order valence-corrected chi connectivity index (χ2v) is 8.66. The molecule has 10 heteroatoms. The van der Waals surface area contributed by atoms with Gasteiger partial charge in [-0.3, -0.25) is 14.3 Å². The maximum atomic E-state index is 13.7. The lowest BCUT2D eigenvalue weighted by atomic mass is 10.2. The molecule has 4 aromatic rings. The second kappa shape index (κ2) is 10.7. The first-order valence-electron chi connectivity index (χ1n) is 11.8. The first-order valence-corrected chi connectivity index (χ1v) is 11.8. The molecule has 2 aromatic carbocycles. The predicted molar refractivity (Wildman–Crippen MR) is 129 cm³/mol. The molecule has 1 fully saturated rings. The minimum atomic E-state index is -0.393. The Hall–Kier alpha value is -4.47. The number of ether oxygens (including phenoxy) is 1. The van der Waals surface area contributed by atoms with Crippen molar-refractivity contribution in [2.24, 2.45) is 0 Å². The summed E-state index contributed by atoms with van der Waals surface area (Å²) in [6.45, 7) is 1.59. The van der Waals surface area contributed by atoms with Gasteiger partial charge in [-0.25, -0.2) is 8.78 Å². The summed E-state index contributed by atoms with van der Waals surface area (Å²) in [4.78, 5) is 29.3. The summed E-state index contributed by atoms with van der Waals surface area (Å²) < 4.78 is 39.8. The van der Waals surface area contributed by atoms with E-state index in [1.165, 1.54) is 35.2 Å². The van der Waals surface area contributed by atoms with Crippen molar-refractivity contribution in [3.05, 3.63) is 107 Å². The molecule has 2 amide bonds. The summed E-state index contributed by atoms with van der Waals surface area (Å²) in [5.41, 5.74) is 1.49. The van der Waals surface area contributed by atoms with E-state index in [0.717, 1.165) is 0 Å². The van der Waals surface area contributed by atoms with Crippen molar-refractivity contribution >= 4 is 11.8 Å². The van der Waals surface area contributed by atoms with Crippen molar-refractivity contribution in [1.29, 1.82) is 0 Å². The molecule has 1 aliphatic rings. The van der Waals surface area contributed by atoms with Crippen molar-refractivity contribution in [3.8, 4) is 5.88 Å². The van der Waals surface area contributed by atoms with Gasteiger partial charge in [0, 0.05) is 32.4 Å². The monoisotopic (exact) mass is 506 g/mol. The van der Waals surface area contributed by atoms with Gasteiger partial charge < -0.3 is 19.0 Å². The second-order valence-electron chi connectivity index (χ2n) is 8.66. The van der Waals surface area contributed by atoms with Gasteiger partial charge in [-0.1, -0.05) is 24.3 Å². The average Bonchev–Trinajstić information content (AvgIpc) is 3.57. The van der Waals surface area contributed by atoms with Gasteiger partial charge in [0.25, 0.3) is 11.8 Å². The molecular formula is C27H24F2N4O4. The summed E-state index contributed by atoms with van der Waals surface area (Å²) in [7, 11) is 0. The van der Waals surface area contributed by atoms with Crippen LogP contribution in [-0.2, 0) is 13.2 Å². The molecule has 1 saturated heterocycles. The zero-order valence-corrected chi connectivity index (χ0v) is 19.8. The number of halogens is 2. The van der Waals surface area contributed by atoms with E-state index in [9.17, 15) is 18.4 Å². The summed E-state index contributed by atoms with van der Waals surface area (Å²) >= 11 is 0. The highest BCUT2D eigenvalue weighted by Crippen LogP contribution is 2.22. The van der Waals surface area contributed by atoms with E-state index in [1.807, 2.05) is 0 Å². The summed E-state index contributed by atoms with van der Waals surface area (Å²) in [5.74, 6) is -0.934. The fourth-order valence-corrected chi connectivity index (χ4v) is 4.18. The molecule has 0 atom stereocenters. The van der Waals surface area contributed by atoms with Crippen LogP contribution in [0, 0.1) is 11.6 Å². The molecule has 8 nitrogen and oxygen atoms in total. The highest BCUT2D eigenvalue weighted by atomic mass is 19.1. The lowest BCUT2D eigenvalue weighted by molar-refractivity contribution is 0.0515. The maximum absolute atomic E-state index is 13.7. The van der Waals surface area contributed by atoms with Crippen LogP contribution in [0.25, 0.3) is 0 Å². The predicted octanol–water partition coefficient (Wildman–Crippen LogP) is 3.98. The Morgan fingerprint density at radius 2 is 1.51 bits per heavy atom. The van der Waals surface area contributed by atoms with E-state index < -0.39 is 5.82 Å². The van der Waals surface area contributed by atoms with E-state index in [-0.39, 0.29) is 48.0 Å². The van der Waals surface area contributed by atoms with Crippen LogP contribution >= 0.6 is 0 Å². The van der Waals surface area contributed by atoms with Gasteiger partial charge in [0.1, 0.15) is 23.8 Å². The molecule has 3 heterocycles. The molecular weight excluding hydrogens is 482 g/mol. The molecule has 0 unspecified atom stereocenters. The van der Waals surface area contributed by atoms with Gasteiger partial charge in [-0.2, -0.15) is 0 Å². The maximum Gasteiger partial charge on any atom is 0.289 e. The van der Waals surface area contributed by atoms with Crippen molar-refractivity contribution in [2.75, 3.05) is 26.2 Å². The van der Waals surface area contributed by atoms with Crippen LogP contribution in [-0.4, -0.2) is 57.6 Å². The van der Waals surface area contributed by atoms with E-state index in [1.54, 1.807) is 52.4 Å². The molecule has 2 aromatic heterocycles. The minimum absolute atomic E-state index is 0.0143. The van der Waals surface area contributed by atoms with Gasteiger partial charge in [-0.05, 0) is 47.5 Å². The summed E-state index contributed by atoms with van der Waals surface area (Å²) in [6.07, 6.45) is 3.01. The molecule has 0 spiro atoms. The van der Waals surface area contributed by atoms with E-state index in [0.29, 0.717) is 37.3 Å². The lowest BCUT2D eigenvalue weighted by Crippen LogP contribution is -2.50. The Balaban J connectivity index is 1.32. The minimum Gasteiger partial charge on any atom is -0.471 e. The molecule has 0 N–H and O–H groups in total. The van der Waals surface area contributed by atoms with Crippen LogP contribution in [0.15, 0.2) is 77.5 Å². The van der Waals surface area contributed by atoms with Crippen molar-refractivity contribution in [2.45, 2.75) is 13.2 Å². The lowest BCUT2D eigenvalue weighted by Gasteiger charge is -2.34. The molecule has 0 bridgehead atoms. The number of benzene rings is 2. The zero-order valence-electron chi connectivity index (χ0n) is 19.8. The standard InChI is InChI=1S/C27H24F2N4O4/c28-21-6-1-4-19(14-21)16-33-17-23(25(30-33)37-18-20-5-2-7-22(29)15-20)26(34)31-9-11-32(12-10-31)27(35)24-8-3-13-36-24/h1-8,13-15,17H,9-12,16,18H2. The van der Waals surface area contributed by atoms with Gasteiger partial charge >= 0.3 is 0 Å². The first kappa shape index (κ1) is 24.2.